The number of carbonyl (C=O) groups excluding carboxylic acids is 1. The molecule has 1 aliphatic rings. The van der Waals surface area contributed by atoms with E-state index in [0.717, 1.165) is 15.4 Å². The van der Waals surface area contributed by atoms with E-state index in [0.29, 0.717) is 25.0 Å². The van der Waals surface area contributed by atoms with Gasteiger partial charge in [0.25, 0.3) is 0 Å². The number of fused-ring (bicyclic) bond motifs is 1. The molecule has 172 valence electrons. The lowest BCUT2D eigenvalue weighted by Crippen LogP contribution is -2.33. The van der Waals surface area contributed by atoms with Gasteiger partial charge in [0, 0.05) is 24.3 Å². The third kappa shape index (κ3) is 5.21. The highest BCUT2D eigenvalue weighted by Crippen LogP contribution is 2.37. The van der Waals surface area contributed by atoms with Crippen molar-refractivity contribution in [1.29, 1.82) is 0 Å². The van der Waals surface area contributed by atoms with E-state index in [1.807, 2.05) is 0 Å². The van der Waals surface area contributed by atoms with Gasteiger partial charge in [0.1, 0.15) is 5.69 Å². The van der Waals surface area contributed by atoms with Crippen molar-refractivity contribution in [3.63, 3.8) is 0 Å². The molecule has 2 aromatic rings. The van der Waals surface area contributed by atoms with Gasteiger partial charge < -0.3 is 5.32 Å². The molecule has 1 N–H and O–H groups in total. The number of alkyl halides is 6. The molecule has 0 radical (unpaired) electrons. The van der Waals surface area contributed by atoms with Gasteiger partial charge in [0.15, 0.2) is 5.69 Å². The minimum Gasteiger partial charge on any atom is -0.356 e. The number of carbonyl (C=O) groups is 1. The molecule has 0 saturated heterocycles. The summed E-state index contributed by atoms with van der Waals surface area (Å²) >= 11 is 0. The molecule has 0 bridgehead atoms. The summed E-state index contributed by atoms with van der Waals surface area (Å²) in [6.45, 7) is 3.09. The zero-order valence-electron chi connectivity index (χ0n) is 17.1. The Bertz CT molecular complexity index is 943. The van der Waals surface area contributed by atoms with E-state index in [1.165, 1.54) is 6.92 Å². The predicted octanol–water partition coefficient (Wildman–Crippen LogP) is 3.76. The topological polar surface area (TPSA) is 64.7 Å². The molecule has 3 rings (SSSR count). The molecule has 6 nitrogen and oxygen atoms in total. The average molecular weight is 451 g/mol. The SMILES string of the molecule is Cc1cc(C(F)(F)F)nn1C[C@H](C)C(=O)NCCCn1nc2c(c1C(F)(F)F)CCC2. The Balaban J connectivity index is 1.52. The number of amides is 1. The van der Waals surface area contributed by atoms with E-state index >= 15 is 0 Å². The maximum Gasteiger partial charge on any atom is 0.435 e. The van der Waals surface area contributed by atoms with Crippen LogP contribution in [0.5, 0.6) is 0 Å². The van der Waals surface area contributed by atoms with Gasteiger partial charge in [0.2, 0.25) is 5.91 Å². The van der Waals surface area contributed by atoms with Crippen molar-refractivity contribution in [2.45, 2.75) is 65.0 Å². The number of hydrogen-bond acceptors (Lipinski definition) is 3. The van der Waals surface area contributed by atoms with Crippen LogP contribution in [-0.2, 0) is 43.1 Å². The summed E-state index contributed by atoms with van der Waals surface area (Å²) in [5.74, 6) is -1.08. The first-order valence-electron chi connectivity index (χ1n) is 9.93. The van der Waals surface area contributed by atoms with Crippen LogP contribution >= 0.6 is 0 Å². The Kier molecular flexibility index (Phi) is 6.38. The molecule has 0 aromatic carbocycles. The second kappa shape index (κ2) is 8.54. The Morgan fingerprint density at radius 1 is 1.13 bits per heavy atom. The fourth-order valence-corrected chi connectivity index (χ4v) is 3.71. The van der Waals surface area contributed by atoms with Gasteiger partial charge >= 0.3 is 12.4 Å². The Hall–Kier alpha value is -2.53. The first-order chi connectivity index (χ1) is 14.4. The highest BCUT2D eigenvalue weighted by Gasteiger charge is 2.40. The molecule has 0 saturated carbocycles. The molecule has 2 aromatic heterocycles. The minimum atomic E-state index is -4.57. The summed E-state index contributed by atoms with van der Waals surface area (Å²) in [4.78, 5) is 12.2. The van der Waals surface area contributed by atoms with Gasteiger partial charge in [-0.3, -0.25) is 14.2 Å². The number of aryl methyl sites for hydroxylation is 3. The van der Waals surface area contributed by atoms with Crippen LogP contribution in [-0.4, -0.2) is 32.0 Å². The van der Waals surface area contributed by atoms with Crippen LogP contribution in [0.3, 0.4) is 0 Å². The predicted molar refractivity (Wildman–Crippen MR) is 98.0 cm³/mol. The van der Waals surface area contributed by atoms with Crippen molar-refractivity contribution < 1.29 is 31.1 Å². The van der Waals surface area contributed by atoms with Gasteiger partial charge in [0.05, 0.1) is 18.2 Å². The standard InChI is InChI=1S/C19H23F6N5O/c1-11(10-30-12(2)9-15(28-30)18(20,21)22)17(31)26-7-4-8-29-16(19(23,24)25)13-5-3-6-14(13)27-29/h9,11H,3-8,10H2,1-2H3,(H,26,31)/t11-/m0/s1. The molecular weight excluding hydrogens is 428 g/mol. The summed E-state index contributed by atoms with van der Waals surface area (Å²) in [7, 11) is 0. The highest BCUT2D eigenvalue weighted by atomic mass is 19.4. The fourth-order valence-electron chi connectivity index (χ4n) is 3.71. The van der Waals surface area contributed by atoms with Crippen molar-refractivity contribution in [2.24, 2.45) is 5.92 Å². The Morgan fingerprint density at radius 3 is 2.45 bits per heavy atom. The van der Waals surface area contributed by atoms with Crippen LogP contribution < -0.4 is 5.32 Å². The normalized spacial score (nSPS) is 15.2. The second-order valence-electron chi connectivity index (χ2n) is 7.74. The van der Waals surface area contributed by atoms with E-state index < -0.39 is 35.6 Å². The van der Waals surface area contributed by atoms with Crippen molar-refractivity contribution >= 4 is 5.91 Å². The number of nitrogens with one attached hydrogen (secondary N) is 1. The van der Waals surface area contributed by atoms with Gasteiger partial charge in [-0.15, -0.1) is 0 Å². The van der Waals surface area contributed by atoms with Crippen molar-refractivity contribution in [3.05, 3.63) is 34.4 Å². The van der Waals surface area contributed by atoms with E-state index in [9.17, 15) is 31.1 Å². The van der Waals surface area contributed by atoms with Crippen LogP contribution in [0.1, 0.15) is 48.1 Å². The molecule has 1 atom stereocenters. The second-order valence-corrected chi connectivity index (χ2v) is 7.74. The zero-order chi connectivity index (χ0) is 23.0. The third-order valence-corrected chi connectivity index (χ3v) is 5.25. The molecule has 1 amide bonds. The summed E-state index contributed by atoms with van der Waals surface area (Å²) < 4.78 is 80.5. The molecule has 1 aliphatic carbocycles. The fraction of sp³-hybridized carbons (Fsp3) is 0.632. The maximum atomic E-state index is 13.4. The monoisotopic (exact) mass is 451 g/mol. The first kappa shape index (κ1) is 23.1. The van der Waals surface area contributed by atoms with Crippen molar-refractivity contribution in [2.75, 3.05) is 6.54 Å². The molecule has 12 heteroatoms. The van der Waals surface area contributed by atoms with Gasteiger partial charge in [-0.05, 0) is 38.7 Å². The van der Waals surface area contributed by atoms with E-state index in [-0.39, 0.29) is 37.3 Å². The molecular formula is C19H23F6N5O. The quantitative estimate of drug-likeness (QED) is 0.515. The average Bonchev–Trinajstić information content (AvgIpc) is 3.31. The first-order valence-corrected chi connectivity index (χ1v) is 9.93. The van der Waals surface area contributed by atoms with Crippen LogP contribution in [0.4, 0.5) is 26.3 Å². The van der Waals surface area contributed by atoms with Gasteiger partial charge in [-0.25, -0.2) is 0 Å². The van der Waals surface area contributed by atoms with Crippen molar-refractivity contribution in [1.82, 2.24) is 24.9 Å². The third-order valence-electron chi connectivity index (χ3n) is 5.25. The number of aromatic nitrogens is 4. The summed E-state index contributed by atoms with van der Waals surface area (Å²) in [6.07, 6.45) is -7.26. The van der Waals surface area contributed by atoms with Crippen LogP contribution in [0, 0.1) is 12.8 Å². The lowest BCUT2D eigenvalue weighted by atomic mass is 10.1. The lowest BCUT2D eigenvalue weighted by molar-refractivity contribution is -0.145. The van der Waals surface area contributed by atoms with Crippen LogP contribution in [0.15, 0.2) is 6.07 Å². The minimum absolute atomic E-state index is 0.00368. The van der Waals surface area contributed by atoms with Crippen molar-refractivity contribution in [3.8, 4) is 0 Å². The summed E-state index contributed by atoms with van der Waals surface area (Å²) in [6, 6.07) is 0.907. The number of halogens is 6. The van der Waals surface area contributed by atoms with E-state index in [2.05, 4.69) is 15.5 Å². The maximum absolute atomic E-state index is 13.4. The molecule has 0 fully saturated rings. The Labute approximate surface area is 174 Å². The van der Waals surface area contributed by atoms with Crippen LogP contribution in [0.2, 0.25) is 0 Å². The molecule has 0 aliphatic heterocycles. The molecule has 2 heterocycles. The lowest BCUT2D eigenvalue weighted by Gasteiger charge is -2.15. The number of hydrogen-bond donors (Lipinski definition) is 1. The van der Waals surface area contributed by atoms with E-state index in [1.54, 1.807) is 6.92 Å². The number of rotatable bonds is 7. The van der Waals surface area contributed by atoms with Crippen LogP contribution in [0.25, 0.3) is 0 Å². The number of nitrogens with zero attached hydrogens (tertiary/aromatic N) is 4. The van der Waals surface area contributed by atoms with Gasteiger partial charge in [-0.1, -0.05) is 6.92 Å². The van der Waals surface area contributed by atoms with E-state index in [4.69, 9.17) is 0 Å². The smallest absolute Gasteiger partial charge is 0.356 e. The largest absolute Gasteiger partial charge is 0.435 e. The zero-order valence-corrected chi connectivity index (χ0v) is 17.1. The summed E-state index contributed by atoms with van der Waals surface area (Å²) in [5.41, 5.74) is -0.715. The van der Waals surface area contributed by atoms with Gasteiger partial charge in [-0.2, -0.15) is 36.5 Å². The summed E-state index contributed by atoms with van der Waals surface area (Å²) in [5, 5.41) is 10.2. The molecule has 31 heavy (non-hydrogen) atoms. The highest BCUT2D eigenvalue weighted by molar-refractivity contribution is 5.78. The Morgan fingerprint density at radius 2 is 1.84 bits per heavy atom. The molecule has 0 spiro atoms. The molecule has 0 unspecified atom stereocenters.